The molecule has 3 rings (SSSR count). The van der Waals surface area contributed by atoms with Crippen LogP contribution in [0, 0.1) is 6.92 Å². The van der Waals surface area contributed by atoms with Crippen molar-refractivity contribution in [3.8, 4) is 5.75 Å². The SMILES string of the molecule is CCC1CCCCN1c1ccc(NS(=O)(=O)c2ccc(OC)cc2C)cn1. The lowest BCUT2D eigenvalue weighted by molar-refractivity contribution is 0.414. The van der Waals surface area contributed by atoms with Crippen molar-refractivity contribution < 1.29 is 13.2 Å². The first-order chi connectivity index (χ1) is 12.9. The number of rotatable bonds is 6. The molecule has 1 fully saturated rings. The lowest BCUT2D eigenvalue weighted by Gasteiger charge is -2.36. The van der Waals surface area contributed by atoms with Gasteiger partial charge in [0.1, 0.15) is 11.6 Å². The van der Waals surface area contributed by atoms with Crippen LogP contribution in [0.15, 0.2) is 41.4 Å². The van der Waals surface area contributed by atoms with Crippen molar-refractivity contribution in [2.24, 2.45) is 0 Å². The van der Waals surface area contributed by atoms with E-state index in [1.165, 1.54) is 19.3 Å². The molecule has 1 aromatic heterocycles. The van der Waals surface area contributed by atoms with Crippen LogP contribution in [0.3, 0.4) is 0 Å². The highest BCUT2D eigenvalue weighted by Crippen LogP contribution is 2.27. The molecule has 1 saturated heterocycles. The summed E-state index contributed by atoms with van der Waals surface area (Å²) in [5.74, 6) is 1.54. The molecule has 1 aliphatic heterocycles. The van der Waals surface area contributed by atoms with Crippen LogP contribution in [0.2, 0.25) is 0 Å². The Balaban J connectivity index is 1.77. The Morgan fingerprint density at radius 3 is 2.70 bits per heavy atom. The summed E-state index contributed by atoms with van der Waals surface area (Å²) in [6.45, 7) is 4.95. The largest absolute Gasteiger partial charge is 0.497 e. The number of benzene rings is 1. The van der Waals surface area contributed by atoms with Crippen LogP contribution in [0.4, 0.5) is 11.5 Å². The lowest BCUT2D eigenvalue weighted by atomic mass is 10.00. The number of aromatic nitrogens is 1. The van der Waals surface area contributed by atoms with Gasteiger partial charge in [-0.25, -0.2) is 13.4 Å². The number of ether oxygens (including phenoxy) is 1. The first-order valence-corrected chi connectivity index (χ1v) is 10.8. The molecule has 7 heteroatoms. The number of aryl methyl sites for hydroxylation is 1. The number of methoxy groups -OCH3 is 1. The van der Waals surface area contributed by atoms with Gasteiger partial charge < -0.3 is 9.64 Å². The zero-order chi connectivity index (χ0) is 19.4. The van der Waals surface area contributed by atoms with E-state index in [0.29, 0.717) is 23.0 Å². The average Bonchev–Trinajstić information content (AvgIpc) is 2.68. The van der Waals surface area contributed by atoms with Gasteiger partial charge in [0.05, 0.1) is 23.9 Å². The number of nitrogens with one attached hydrogen (secondary N) is 1. The Bertz CT molecular complexity index is 882. The van der Waals surface area contributed by atoms with E-state index in [2.05, 4.69) is 21.5 Å². The molecule has 27 heavy (non-hydrogen) atoms. The Morgan fingerprint density at radius 2 is 2.07 bits per heavy atom. The van der Waals surface area contributed by atoms with Gasteiger partial charge in [-0.15, -0.1) is 0 Å². The molecule has 0 aliphatic carbocycles. The maximum atomic E-state index is 12.7. The Hall–Kier alpha value is -2.28. The Labute approximate surface area is 161 Å². The fourth-order valence-corrected chi connectivity index (χ4v) is 4.87. The molecule has 1 aromatic carbocycles. The van der Waals surface area contributed by atoms with Gasteiger partial charge in [-0.05, 0) is 68.5 Å². The molecule has 0 saturated carbocycles. The first-order valence-electron chi connectivity index (χ1n) is 9.34. The van der Waals surface area contributed by atoms with E-state index in [1.807, 2.05) is 6.07 Å². The van der Waals surface area contributed by atoms with Crippen molar-refractivity contribution in [1.82, 2.24) is 4.98 Å². The number of nitrogens with zero attached hydrogens (tertiary/aromatic N) is 2. The number of hydrogen-bond donors (Lipinski definition) is 1. The second-order valence-electron chi connectivity index (χ2n) is 6.89. The van der Waals surface area contributed by atoms with Crippen molar-refractivity contribution in [3.63, 3.8) is 0 Å². The molecule has 1 unspecified atom stereocenters. The highest BCUT2D eigenvalue weighted by molar-refractivity contribution is 7.92. The highest BCUT2D eigenvalue weighted by Gasteiger charge is 2.22. The second kappa shape index (κ2) is 8.17. The molecule has 146 valence electrons. The first kappa shape index (κ1) is 19.5. The molecule has 1 atom stereocenters. The summed E-state index contributed by atoms with van der Waals surface area (Å²) in [6.07, 6.45) is 6.29. The van der Waals surface area contributed by atoms with Crippen molar-refractivity contribution in [3.05, 3.63) is 42.1 Å². The second-order valence-corrected chi connectivity index (χ2v) is 8.54. The van der Waals surface area contributed by atoms with E-state index < -0.39 is 10.0 Å². The fourth-order valence-electron chi connectivity index (χ4n) is 3.60. The zero-order valence-corrected chi connectivity index (χ0v) is 16.9. The van der Waals surface area contributed by atoms with Gasteiger partial charge in [0.25, 0.3) is 10.0 Å². The third-order valence-corrected chi connectivity index (χ3v) is 6.61. The quantitative estimate of drug-likeness (QED) is 0.809. The predicted molar refractivity (Wildman–Crippen MR) is 108 cm³/mol. The number of piperidine rings is 1. The summed E-state index contributed by atoms with van der Waals surface area (Å²) in [7, 11) is -2.13. The van der Waals surface area contributed by atoms with Crippen molar-refractivity contribution in [1.29, 1.82) is 0 Å². The molecule has 6 nitrogen and oxygen atoms in total. The Morgan fingerprint density at radius 1 is 1.26 bits per heavy atom. The van der Waals surface area contributed by atoms with Crippen LogP contribution in [-0.4, -0.2) is 33.1 Å². The topological polar surface area (TPSA) is 71.5 Å². The number of anilines is 2. The zero-order valence-electron chi connectivity index (χ0n) is 16.1. The Kier molecular flexibility index (Phi) is 5.89. The summed E-state index contributed by atoms with van der Waals surface area (Å²) in [4.78, 5) is 7.07. The van der Waals surface area contributed by atoms with E-state index in [-0.39, 0.29) is 4.90 Å². The summed E-state index contributed by atoms with van der Waals surface area (Å²) in [5, 5.41) is 0. The maximum Gasteiger partial charge on any atom is 0.262 e. The molecular weight excluding hydrogens is 362 g/mol. The molecule has 0 bridgehead atoms. The minimum Gasteiger partial charge on any atom is -0.497 e. The lowest BCUT2D eigenvalue weighted by Crippen LogP contribution is -2.39. The van der Waals surface area contributed by atoms with Crippen molar-refractivity contribution in [2.45, 2.75) is 50.5 Å². The number of hydrogen-bond acceptors (Lipinski definition) is 5. The predicted octanol–water partition coefficient (Wildman–Crippen LogP) is 3.97. The molecule has 2 heterocycles. The molecule has 2 aromatic rings. The van der Waals surface area contributed by atoms with Gasteiger partial charge in [-0.1, -0.05) is 6.92 Å². The van der Waals surface area contributed by atoms with Crippen LogP contribution in [0.25, 0.3) is 0 Å². The maximum absolute atomic E-state index is 12.7. The van der Waals surface area contributed by atoms with Gasteiger partial charge in [0.15, 0.2) is 0 Å². The van der Waals surface area contributed by atoms with E-state index in [4.69, 9.17) is 4.74 Å². The minimum absolute atomic E-state index is 0.231. The molecule has 1 N–H and O–H groups in total. The van der Waals surface area contributed by atoms with E-state index >= 15 is 0 Å². The summed E-state index contributed by atoms with van der Waals surface area (Å²) >= 11 is 0. The number of sulfonamides is 1. The monoisotopic (exact) mass is 389 g/mol. The van der Waals surface area contributed by atoms with Crippen LogP contribution in [0.5, 0.6) is 5.75 Å². The van der Waals surface area contributed by atoms with E-state index in [9.17, 15) is 8.42 Å². The van der Waals surface area contributed by atoms with E-state index in [0.717, 1.165) is 18.8 Å². The van der Waals surface area contributed by atoms with Crippen molar-refractivity contribution >= 4 is 21.5 Å². The van der Waals surface area contributed by atoms with Crippen LogP contribution >= 0.6 is 0 Å². The standard InChI is InChI=1S/C20H27N3O3S/c1-4-17-7-5-6-12-23(17)20-11-8-16(14-21-20)22-27(24,25)19-10-9-18(26-3)13-15(19)2/h8-11,13-14,17,22H,4-7,12H2,1-3H3. The molecule has 0 amide bonds. The van der Waals surface area contributed by atoms with E-state index in [1.54, 1.807) is 44.5 Å². The third-order valence-electron chi connectivity index (χ3n) is 5.06. The average molecular weight is 390 g/mol. The summed E-state index contributed by atoms with van der Waals surface area (Å²) < 4.78 is 33.2. The van der Waals surface area contributed by atoms with Gasteiger partial charge in [0.2, 0.25) is 0 Å². The van der Waals surface area contributed by atoms with Crippen LogP contribution < -0.4 is 14.4 Å². The fraction of sp³-hybridized carbons (Fsp3) is 0.450. The van der Waals surface area contributed by atoms with Gasteiger partial charge >= 0.3 is 0 Å². The van der Waals surface area contributed by atoms with Crippen molar-refractivity contribution in [2.75, 3.05) is 23.3 Å². The van der Waals surface area contributed by atoms with Gasteiger partial charge in [-0.3, -0.25) is 4.72 Å². The van der Waals surface area contributed by atoms with Gasteiger partial charge in [-0.2, -0.15) is 0 Å². The minimum atomic E-state index is -3.68. The van der Waals surface area contributed by atoms with Crippen LogP contribution in [0.1, 0.15) is 38.2 Å². The third kappa shape index (κ3) is 4.35. The van der Waals surface area contributed by atoms with Crippen LogP contribution in [-0.2, 0) is 10.0 Å². The molecular formula is C20H27N3O3S. The molecule has 0 spiro atoms. The number of pyridine rings is 1. The normalized spacial score (nSPS) is 17.6. The van der Waals surface area contributed by atoms with Gasteiger partial charge in [0, 0.05) is 12.6 Å². The molecule has 0 radical (unpaired) electrons. The smallest absolute Gasteiger partial charge is 0.262 e. The molecule has 1 aliphatic rings. The summed E-state index contributed by atoms with van der Waals surface area (Å²) in [6, 6.07) is 9.09. The highest BCUT2D eigenvalue weighted by atomic mass is 32.2. The summed E-state index contributed by atoms with van der Waals surface area (Å²) in [5.41, 5.74) is 1.09.